The molecule has 0 aliphatic carbocycles. The van der Waals surface area contributed by atoms with Crippen LogP contribution in [-0.2, 0) is 23.3 Å². The van der Waals surface area contributed by atoms with Crippen LogP contribution in [0.2, 0.25) is 6.04 Å². The van der Waals surface area contributed by atoms with Crippen LogP contribution in [0.15, 0.2) is 29.2 Å². The highest BCUT2D eigenvalue weighted by molar-refractivity contribution is 7.89. The number of rotatable bonds is 12. The maximum atomic E-state index is 13.1. The predicted molar refractivity (Wildman–Crippen MR) is 109 cm³/mol. The molecule has 0 spiro atoms. The zero-order valence-electron chi connectivity index (χ0n) is 17.3. The van der Waals surface area contributed by atoms with Gasteiger partial charge in [0.2, 0.25) is 10.0 Å². The molecule has 0 heterocycles. The molecule has 156 valence electrons. The fourth-order valence-electron chi connectivity index (χ4n) is 2.65. The summed E-state index contributed by atoms with van der Waals surface area (Å²) in [4.78, 5) is 0.289. The predicted octanol–water partition coefficient (Wildman–Crippen LogP) is 2.38. The number of sulfonamides is 1. The molecular weight excluding hydrogens is 384 g/mol. The highest BCUT2D eigenvalue weighted by Gasteiger charge is 2.37. The van der Waals surface area contributed by atoms with Gasteiger partial charge in [0, 0.05) is 46.0 Å². The Bertz CT molecular complexity index is 662. The minimum absolute atomic E-state index is 0.289. The molecule has 2 N–H and O–H groups in total. The van der Waals surface area contributed by atoms with E-state index in [-0.39, 0.29) is 4.90 Å². The van der Waals surface area contributed by atoms with E-state index in [1.807, 2.05) is 20.8 Å². The average molecular weight is 419 g/mol. The lowest BCUT2D eigenvalue weighted by atomic mass is 10.0. The largest absolute Gasteiger partial charge is 0.500 e. The van der Waals surface area contributed by atoms with Crippen molar-refractivity contribution in [1.82, 2.24) is 4.31 Å². The molecule has 0 aliphatic rings. The van der Waals surface area contributed by atoms with Crippen molar-refractivity contribution >= 4 is 18.8 Å². The molecular formula is C18H34N2O5SSi. The Balaban J connectivity index is 2.97. The number of nitrogens with two attached hydrogens (primary N) is 1. The van der Waals surface area contributed by atoms with Crippen LogP contribution in [0, 0.1) is 6.92 Å². The van der Waals surface area contributed by atoms with Gasteiger partial charge in [-0.3, -0.25) is 0 Å². The second-order valence-electron chi connectivity index (χ2n) is 7.35. The van der Waals surface area contributed by atoms with Gasteiger partial charge >= 0.3 is 8.80 Å². The highest BCUT2D eigenvalue weighted by Crippen LogP contribution is 2.21. The van der Waals surface area contributed by atoms with Gasteiger partial charge in [0.15, 0.2) is 0 Å². The summed E-state index contributed by atoms with van der Waals surface area (Å²) in [5, 5.41) is 0. The van der Waals surface area contributed by atoms with Crippen LogP contribution >= 0.6 is 0 Å². The van der Waals surface area contributed by atoms with Crippen molar-refractivity contribution in [2.75, 3.05) is 34.4 Å². The van der Waals surface area contributed by atoms with Crippen molar-refractivity contribution in [3.8, 4) is 0 Å². The summed E-state index contributed by atoms with van der Waals surface area (Å²) in [5.74, 6) is 0. The van der Waals surface area contributed by atoms with Crippen LogP contribution in [-0.4, -0.2) is 61.5 Å². The van der Waals surface area contributed by atoms with Crippen LogP contribution in [0.5, 0.6) is 0 Å². The smallest absolute Gasteiger partial charge is 0.377 e. The second kappa shape index (κ2) is 10.1. The highest BCUT2D eigenvalue weighted by atomic mass is 32.2. The van der Waals surface area contributed by atoms with Gasteiger partial charge in [0.05, 0.1) is 4.90 Å². The van der Waals surface area contributed by atoms with Crippen molar-refractivity contribution in [2.45, 2.75) is 50.1 Å². The Hall–Kier alpha value is -0.813. The Morgan fingerprint density at radius 1 is 1.04 bits per heavy atom. The van der Waals surface area contributed by atoms with E-state index >= 15 is 0 Å². The van der Waals surface area contributed by atoms with Gasteiger partial charge in [-0.2, -0.15) is 4.31 Å². The van der Waals surface area contributed by atoms with E-state index in [1.54, 1.807) is 45.6 Å². The summed E-state index contributed by atoms with van der Waals surface area (Å²) in [7, 11) is -1.69. The molecule has 0 saturated heterocycles. The molecule has 0 bridgehead atoms. The number of hydrogen-bond acceptors (Lipinski definition) is 6. The van der Waals surface area contributed by atoms with E-state index in [1.165, 1.54) is 4.31 Å². The van der Waals surface area contributed by atoms with Crippen LogP contribution in [0.4, 0.5) is 0 Å². The monoisotopic (exact) mass is 418 g/mol. The lowest BCUT2D eigenvalue weighted by Crippen LogP contribution is -2.44. The third kappa shape index (κ3) is 7.26. The molecule has 1 aromatic carbocycles. The molecule has 27 heavy (non-hydrogen) atoms. The molecule has 0 atom stereocenters. The van der Waals surface area contributed by atoms with E-state index in [9.17, 15) is 8.42 Å². The van der Waals surface area contributed by atoms with Gasteiger partial charge in [0.25, 0.3) is 0 Å². The van der Waals surface area contributed by atoms with Crippen molar-refractivity contribution in [3.63, 3.8) is 0 Å². The second-order valence-corrected chi connectivity index (χ2v) is 12.4. The first-order valence-electron chi connectivity index (χ1n) is 9.01. The van der Waals surface area contributed by atoms with E-state index in [2.05, 4.69) is 0 Å². The molecule has 1 aromatic rings. The quantitative estimate of drug-likeness (QED) is 0.524. The third-order valence-electron chi connectivity index (χ3n) is 4.49. The minimum Gasteiger partial charge on any atom is -0.377 e. The Kier molecular flexibility index (Phi) is 9.07. The lowest BCUT2D eigenvalue weighted by Gasteiger charge is -2.28. The van der Waals surface area contributed by atoms with Crippen molar-refractivity contribution < 1.29 is 21.7 Å². The number of aryl methyl sites for hydroxylation is 1. The molecule has 0 saturated carbocycles. The van der Waals surface area contributed by atoms with Gasteiger partial charge < -0.3 is 19.0 Å². The molecule has 0 aliphatic heterocycles. The van der Waals surface area contributed by atoms with E-state index in [0.717, 1.165) is 5.56 Å². The first-order chi connectivity index (χ1) is 12.5. The Morgan fingerprint density at radius 3 is 2.00 bits per heavy atom. The molecule has 9 heteroatoms. The molecule has 7 nitrogen and oxygen atoms in total. The van der Waals surface area contributed by atoms with Gasteiger partial charge in [-0.25, -0.2) is 8.42 Å². The summed E-state index contributed by atoms with van der Waals surface area (Å²) in [5.41, 5.74) is 6.63. The van der Waals surface area contributed by atoms with Crippen molar-refractivity contribution in [2.24, 2.45) is 5.73 Å². The molecule has 0 radical (unpaired) electrons. The van der Waals surface area contributed by atoms with Gasteiger partial charge in [-0.1, -0.05) is 17.7 Å². The van der Waals surface area contributed by atoms with Gasteiger partial charge in [-0.15, -0.1) is 0 Å². The van der Waals surface area contributed by atoms with Crippen LogP contribution in [0.3, 0.4) is 0 Å². The molecule has 0 amide bonds. The maximum Gasteiger partial charge on any atom is 0.500 e. The molecule has 1 rings (SSSR count). The summed E-state index contributed by atoms with van der Waals surface area (Å²) in [6.45, 7) is 6.40. The van der Waals surface area contributed by atoms with Crippen LogP contribution in [0.25, 0.3) is 0 Å². The fourth-order valence-corrected chi connectivity index (χ4v) is 5.84. The van der Waals surface area contributed by atoms with E-state index in [0.29, 0.717) is 32.0 Å². The van der Waals surface area contributed by atoms with Gasteiger partial charge in [-0.05, 0) is 45.7 Å². The molecule has 0 aromatic heterocycles. The third-order valence-corrected chi connectivity index (χ3v) is 9.23. The number of benzene rings is 1. The Labute approximate surface area is 165 Å². The summed E-state index contributed by atoms with van der Waals surface area (Å²) < 4.78 is 44.0. The lowest BCUT2D eigenvalue weighted by molar-refractivity contribution is 0.122. The Morgan fingerprint density at radius 2 is 1.56 bits per heavy atom. The van der Waals surface area contributed by atoms with E-state index < -0.39 is 24.4 Å². The summed E-state index contributed by atoms with van der Waals surface area (Å²) >= 11 is 0. The normalized spacial score (nSPS) is 13.3. The standard InChI is InChI=1S/C18H34N2O5SSi/c1-16-8-10-17(11-9-16)26(21,22)20(14-12-18(2,3)19)13-7-15-27(23-4,24-5)25-6/h8-11H,7,12-15,19H2,1-6H3. The first kappa shape index (κ1) is 24.2. The van der Waals surface area contributed by atoms with Crippen LogP contribution < -0.4 is 5.73 Å². The SMILES string of the molecule is CO[Si](CCCN(CCC(C)(C)N)S(=O)(=O)c1ccc(C)cc1)(OC)OC. The van der Waals surface area contributed by atoms with Crippen molar-refractivity contribution in [3.05, 3.63) is 29.8 Å². The van der Waals surface area contributed by atoms with E-state index in [4.69, 9.17) is 19.0 Å². The topological polar surface area (TPSA) is 91.1 Å². The van der Waals surface area contributed by atoms with Gasteiger partial charge in [0.1, 0.15) is 0 Å². The maximum absolute atomic E-state index is 13.1. The molecule has 0 fully saturated rings. The van der Waals surface area contributed by atoms with Crippen molar-refractivity contribution in [1.29, 1.82) is 0 Å². The first-order valence-corrected chi connectivity index (χ1v) is 12.4. The number of hydrogen-bond donors (Lipinski definition) is 1. The minimum atomic E-state index is -3.61. The zero-order valence-corrected chi connectivity index (χ0v) is 19.1. The zero-order chi connectivity index (χ0) is 20.7. The number of nitrogens with zero attached hydrogens (tertiary/aromatic N) is 1. The summed E-state index contributed by atoms with van der Waals surface area (Å²) in [6, 6.07) is 7.42. The summed E-state index contributed by atoms with van der Waals surface area (Å²) in [6.07, 6.45) is 1.12. The fraction of sp³-hybridized carbons (Fsp3) is 0.667. The molecule has 0 unspecified atom stereocenters. The van der Waals surface area contributed by atoms with Crippen LogP contribution in [0.1, 0.15) is 32.3 Å². The average Bonchev–Trinajstić information content (AvgIpc) is 2.61.